The van der Waals surface area contributed by atoms with Crippen molar-refractivity contribution in [2.45, 2.75) is 6.92 Å². The Bertz CT molecular complexity index is 984. The number of carbonyl (C=O) groups is 2. The smallest absolute Gasteiger partial charge is 0.341 e. The van der Waals surface area contributed by atoms with Crippen molar-refractivity contribution in [2.24, 2.45) is 0 Å². The first-order chi connectivity index (χ1) is 13.5. The first kappa shape index (κ1) is 19.6. The Morgan fingerprint density at radius 1 is 1.25 bits per heavy atom. The Morgan fingerprint density at radius 3 is 2.75 bits per heavy atom. The van der Waals surface area contributed by atoms with E-state index >= 15 is 0 Å². The average molecular weight is 407 g/mol. The van der Waals surface area contributed by atoms with Gasteiger partial charge in [0.1, 0.15) is 22.1 Å². The van der Waals surface area contributed by atoms with Crippen LogP contribution in [0.3, 0.4) is 0 Å². The topological polar surface area (TPSA) is 77.8 Å². The second-order valence-electron chi connectivity index (χ2n) is 5.46. The number of halogens is 2. The second-order valence-corrected chi connectivity index (χ2v) is 6.34. The highest BCUT2D eigenvalue weighted by molar-refractivity contribution is 7.15. The highest BCUT2D eigenvalue weighted by Gasteiger charge is 2.24. The molecule has 0 aliphatic carbocycles. The predicted octanol–water partition coefficient (Wildman–Crippen LogP) is 4.48. The normalized spacial score (nSPS) is 10.5. The van der Waals surface area contributed by atoms with E-state index < -0.39 is 30.1 Å². The Hall–Kier alpha value is -3.20. The summed E-state index contributed by atoms with van der Waals surface area (Å²) in [7, 11) is 0. The number of ether oxygens (including phenoxy) is 2. The lowest BCUT2D eigenvalue weighted by molar-refractivity contribution is -0.118. The molecule has 0 unspecified atom stereocenters. The summed E-state index contributed by atoms with van der Waals surface area (Å²) < 4.78 is 41.9. The molecule has 0 aliphatic heterocycles. The van der Waals surface area contributed by atoms with Gasteiger partial charge >= 0.3 is 5.97 Å². The van der Waals surface area contributed by atoms with Crippen LogP contribution in [0.1, 0.15) is 17.3 Å². The van der Waals surface area contributed by atoms with E-state index in [4.69, 9.17) is 13.9 Å². The van der Waals surface area contributed by atoms with Gasteiger partial charge in [0.15, 0.2) is 18.2 Å². The summed E-state index contributed by atoms with van der Waals surface area (Å²) in [5, 5.41) is 4.45. The maximum absolute atomic E-state index is 13.6. The van der Waals surface area contributed by atoms with Crippen LogP contribution in [0.25, 0.3) is 11.3 Å². The first-order valence-electron chi connectivity index (χ1n) is 8.19. The SMILES string of the molecule is CCOC(=O)c1c(-c2ccco2)csc1NC(=O)COc1ccc(F)cc1F. The fourth-order valence-electron chi connectivity index (χ4n) is 2.37. The minimum atomic E-state index is -0.920. The van der Waals surface area contributed by atoms with E-state index in [1.54, 1.807) is 24.4 Å². The third-order valence-corrected chi connectivity index (χ3v) is 4.46. The quantitative estimate of drug-likeness (QED) is 0.585. The molecule has 3 aromatic rings. The van der Waals surface area contributed by atoms with Gasteiger partial charge in [0, 0.05) is 17.0 Å². The van der Waals surface area contributed by atoms with E-state index in [9.17, 15) is 18.4 Å². The van der Waals surface area contributed by atoms with E-state index in [2.05, 4.69) is 5.32 Å². The van der Waals surface area contributed by atoms with Gasteiger partial charge in [-0.2, -0.15) is 0 Å². The number of hydrogen-bond acceptors (Lipinski definition) is 6. The van der Waals surface area contributed by atoms with Crippen molar-refractivity contribution >= 4 is 28.2 Å². The molecule has 0 fully saturated rings. The molecule has 2 aromatic heterocycles. The van der Waals surface area contributed by atoms with Crippen molar-refractivity contribution in [2.75, 3.05) is 18.5 Å². The van der Waals surface area contributed by atoms with Gasteiger partial charge in [0.05, 0.1) is 12.9 Å². The van der Waals surface area contributed by atoms with Gasteiger partial charge in [0.25, 0.3) is 5.91 Å². The van der Waals surface area contributed by atoms with Gasteiger partial charge in [-0.05, 0) is 31.2 Å². The molecule has 1 amide bonds. The van der Waals surface area contributed by atoms with Crippen LogP contribution >= 0.6 is 11.3 Å². The molecule has 28 heavy (non-hydrogen) atoms. The maximum atomic E-state index is 13.6. The Kier molecular flexibility index (Phi) is 6.05. The van der Waals surface area contributed by atoms with Crippen molar-refractivity contribution < 1.29 is 32.3 Å². The number of hydrogen-bond donors (Lipinski definition) is 1. The molecule has 146 valence electrons. The second kappa shape index (κ2) is 8.66. The third kappa shape index (κ3) is 4.37. The van der Waals surface area contributed by atoms with Gasteiger partial charge in [0.2, 0.25) is 0 Å². The molecule has 9 heteroatoms. The molecule has 1 N–H and O–H groups in total. The molecule has 0 saturated heterocycles. The molecule has 1 aromatic carbocycles. The molecule has 0 radical (unpaired) electrons. The van der Waals surface area contributed by atoms with Gasteiger partial charge in [-0.3, -0.25) is 4.79 Å². The summed E-state index contributed by atoms with van der Waals surface area (Å²) in [4.78, 5) is 24.5. The summed E-state index contributed by atoms with van der Waals surface area (Å²) in [5.74, 6) is -2.72. The summed E-state index contributed by atoms with van der Waals surface area (Å²) >= 11 is 1.11. The lowest BCUT2D eigenvalue weighted by Gasteiger charge is -2.09. The molecule has 2 heterocycles. The lowest BCUT2D eigenvalue weighted by atomic mass is 10.1. The van der Waals surface area contributed by atoms with Crippen LogP contribution in [0.4, 0.5) is 13.8 Å². The van der Waals surface area contributed by atoms with Crippen LogP contribution in [0.15, 0.2) is 46.4 Å². The van der Waals surface area contributed by atoms with Gasteiger partial charge in [-0.15, -0.1) is 11.3 Å². The maximum Gasteiger partial charge on any atom is 0.341 e. The zero-order valence-electron chi connectivity index (χ0n) is 14.7. The van der Waals surface area contributed by atoms with Crippen LogP contribution in [0.5, 0.6) is 5.75 Å². The molecule has 0 spiro atoms. The van der Waals surface area contributed by atoms with E-state index in [0.717, 1.165) is 23.5 Å². The fraction of sp³-hybridized carbons (Fsp3) is 0.158. The molecular weight excluding hydrogens is 392 g/mol. The number of benzene rings is 1. The number of thiophene rings is 1. The number of nitrogens with one attached hydrogen (secondary N) is 1. The highest BCUT2D eigenvalue weighted by atomic mass is 32.1. The minimum absolute atomic E-state index is 0.156. The van der Waals surface area contributed by atoms with Crippen LogP contribution < -0.4 is 10.1 Å². The molecule has 3 rings (SSSR count). The monoisotopic (exact) mass is 407 g/mol. The van der Waals surface area contributed by atoms with E-state index in [-0.39, 0.29) is 22.9 Å². The zero-order chi connectivity index (χ0) is 20.1. The summed E-state index contributed by atoms with van der Waals surface area (Å²) in [6, 6.07) is 6.11. The summed E-state index contributed by atoms with van der Waals surface area (Å²) in [6.45, 7) is 1.30. The van der Waals surface area contributed by atoms with Crippen LogP contribution in [-0.4, -0.2) is 25.1 Å². The molecule has 6 nitrogen and oxygen atoms in total. The largest absolute Gasteiger partial charge is 0.481 e. The van der Waals surface area contributed by atoms with Gasteiger partial charge in [-0.1, -0.05) is 0 Å². The van der Waals surface area contributed by atoms with Crippen molar-refractivity contribution in [3.05, 3.63) is 59.2 Å². The predicted molar refractivity (Wildman–Crippen MR) is 98.5 cm³/mol. The number of furan rings is 1. The van der Waals surface area contributed by atoms with Gasteiger partial charge < -0.3 is 19.2 Å². The van der Waals surface area contributed by atoms with Crippen molar-refractivity contribution in [1.82, 2.24) is 0 Å². The first-order valence-corrected chi connectivity index (χ1v) is 9.07. The Morgan fingerprint density at radius 2 is 2.07 bits per heavy atom. The van der Waals surface area contributed by atoms with E-state index in [1.807, 2.05) is 0 Å². The standard InChI is InChI=1S/C19H15F2NO5S/c1-2-25-19(24)17-12(14-4-3-7-26-14)10-28-18(17)22-16(23)9-27-15-6-5-11(20)8-13(15)21/h3-8,10H,2,9H2,1H3,(H,22,23). The van der Waals surface area contributed by atoms with Crippen molar-refractivity contribution in [1.29, 1.82) is 0 Å². The molecule has 0 aliphatic rings. The van der Waals surface area contributed by atoms with E-state index in [0.29, 0.717) is 17.4 Å². The minimum Gasteiger partial charge on any atom is -0.481 e. The van der Waals surface area contributed by atoms with Crippen LogP contribution in [-0.2, 0) is 9.53 Å². The van der Waals surface area contributed by atoms with E-state index in [1.165, 1.54) is 6.26 Å². The number of esters is 1. The van der Waals surface area contributed by atoms with Crippen LogP contribution in [0, 0.1) is 11.6 Å². The lowest BCUT2D eigenvalue weighted by Crippen LogP contribution is -2.21. The van der Waals surface area contributed by atoms with Crippen molar-refractivity contribution in [3.8, 4) is 17.1 Å². The highest BCUT2D eigenvalue weighted by Crippen LogP contribution is 2.36. The number of anilines is 1. The van der Waals surface area contributed by atoms with Crippen molar-refractivity contribution in [3.63, 3.8) is 0 Å². The molecule has 0 atom stereocenters. The number of carbonyl (C=O) groups excluding carboxylic acids is 2. The fourth-order valence-corrected chi connectivity index (χ4v) is 3.32. The molecule has 0 saturated carbocycles. The third-order valence-electron chi connectivity index (χ3n) is 3.56. The number of amides is 1. The Balaban J connectivity index is 1.75. The molecular formula is C19H15F2NO5S. The van der Waals surface area contributed by atoms with Gasteiger partial charge in [-0.25, -0.2) is 13.6 Å². The Labute approximate surface area is 162 Å². The molecule has 0 bridgehead atoms. The van der Waals surface area contributed by atoms with Crippen LogP contribution in [0.2, 0.25) is 0 Å². The summed E-state index contributed by atoms with van der Waals surface area (Å²) in [5.41, 5.74) is 0.636. The average Bonchev–Trinajstić information content (AvgIpc) is 3.30. The zero-order valence-corrected chi connectivity index (χ0v) is 15.5. The number of rotatable bonds is 7. The summed E-state index contributed by atoms with van der Waals surface area (Å²) in [6.07, 6.45) is 1.46.